The first-order chi connectivity index (χ1) is 6.74. The van der Waals surface area contributed by atoms with Gasteiger partial charge in [-0.1, -0.05) is 12.1 Å². The Hall–Kier alpha value is -0.930. The fourth-order valence-electron chi connectivity index (χ4n) is 1.27. The summed E-state index contributed by atoms with van der Waals surface area (Å²) in [6.07, 6.45) is 0. The second-order valence-electron chi connectivity index (χ2n) is 3.22. The molecule has 0 heterocycles. The van der Waals surface area contributed by atoms with E-state index >= 15 is 0 Å². The highest BCUT2D eigenvalue weighted by Gasteiger charge is 2.04. The summed E-state index contributed by atoms with van der Waals surface area (Å²) >= 11 is 0. The lowest BCUT2D eigenvalue weighted by molar-refractivity contribution is 0.196. The summed E-state index contributed by atoms with van der Waals surface area (Å²) in [6, 6.07) is 6.78. The molecule has 0 bridgehead atoms. The van der Waals surface area contributed by atoms with Crippen molar-refractivity contribution in [1.29, 1.82) is 0 Å². The molecule has 0 amide bonds. The van der Waals surface area contributed by atoms with Gasteiger partial charge in [-0.05, 0) is 24.6 Å². The molecule has 0 aliphatic heterocycles. The first kappa shape index (κ1) is 11.1. The van der Waals surface area contributed by atoms with Gasteiger partial charge in [0.05, 0.1) is 6.61 Å². The second-order valence-corrected chi connectivity index (χ2v) is 3.22. The fraction of sp³-hybridized carbons (Fsp3) is 0.455. The summed E-state index contributed by atoms with van der Waals surface area (Å²) in [5.74, 6) is -0.192. The van der Waals surface area contributed by atoms with Crippen molar-refractivity contribution in [3.05, 3.63) is 35.6 Å². The van der Waals surface area contributed by atoms with E-state index in [4.69, 9.17) is 4.74 Å². The molecule has 78 valence electrons. The number of hydrogen-bond acceptors (Lipinski definition) is 2. The van der Waals surface area contributed by atoms with E-state index in [1.165, 1.54) is 6.07 Å². The maximum Gasteiger partial charge on any atom is 0.123 e. The van der Waals surface area contributed by atoms with E-state index in [0.717, 1.165) is 12.1 Å². The number of hydrogen-bond donors (Lipinski definition) is 1. The predicted octanol–water partition coefficient (Wildman–Crippen LogP) is 2.12. The zero-order valence-electron chi connectivity index (χ0n) is 8.59. The third-order valence-corrected chi connectivity index (χ3v) is 2.11. The van der Waals surface area contributed by atoms with Gasteiger partial charge in [0.15, 0.2) is 0 Å². The molecule has 0 aromatic heterocycles. The molecule has 1 aromatic rings. The second kappa shape index (κ2) is 5.73. The third kappa shape index (κ3) is 3.44. The van der Waals surface area contributed by atoms with Crippen molar-refractivity contribution in [1.82, 2.24) is 5.32 Å². The van der Waals surface area contributed by atoms with Crippen LogP contribution in [0.4, 0.5) is 4.39 Å². The van der Waals surface area contributed by atoms with Gasteiger partial charge in [0.1, 0.15) is 5.82 Å². The summed E-state index contributed by atoms with van der Waals surface area (Å²) in [6.45, 7) is 3.44. The Kier molecular flexibility index (Phi) is 4.56. The summed E-state index contributed by atoms with van der Waals surface area (Å²) < 4.78 is 17.8. The van der Waals surface area contributed by atoms with Crippen molar-refractivity contribution >= 4 is 0 Å². The van der Waals surface area contributed by atoms with E-state index in [9.17, 15) is 4.39 Å². The first-order valence-corrected chi connectivity index (χ1v) is 4.72. The minimum atomic E-state index is -0.192. The van der Waals surface area contributed by atoms with Gasteiger partial charge in [-0.2, -0.15) is 0 Å². The van der Waals surface area contributed by atoms with Crippen LogP contribution in [0.15, 0.2) is 24.3 Å². The molecule has 1 aromatic carbocycles. The van der Waals surface area contributed by atoms with Crippen LogP contribution in [0.25, 0.3) is 0 Å². The number of methoxy groups -OCH3 is 1. The molecule has 0 saturated heterocycles. The van der Waals surface area contributed by atoms with Crippen LogP contribution in [-0.4, -0.2) is 20.3 Å². The zero-order valence-corrected chi connectivity index (χ0v) is 8.59. The minimum absolute atomic E-state index is 0.154. The molecular formula is C11H16FNO. The SMILES string of the molecule is COCCNC(C)c1cccc(F)c1. The van der Waals surface area contributed by atoms with Gasteiger partial charge in [-0.15, -0.1) is 0 Å². The predicted molar refractivity (Wildman–Crippen MR) is 54.7 cm³/mol. The summed E-state index contributed by atoms with van der Waals surface area (Å²) in [5, 5.41) is 3.24. The number of benzene rings is 1. The van der Waals surface area contributed by atoms with Crippen LogP contribution < -0.4 is 5.32 Å². The van der Waals surface area contributed by atoms with Crippen molar-refractivity contribution in [2.75, 3.05) is 20.3 Å². The van der Waals surface area contributed by atoms with Gasteiger partial charge in [0.25, 0.3) is 0 Å². The van der Waals surface area contributed by atoms with E-state index < -0.39 is 0 Å². The smallest absolute Gasteiger partial charge is 0.123 e. The Labute approximate surface area is 84.1 Å². The maximum atomic E-state index is 12.9. The molecular weight excluding hydrogens is 181 g/mol. The molecule has 0 aliphatic rings. The Balaban J connectivity index is 2.47. The number of rotatable bonds is 5. The lowest BCUT2D eigenvalue weighted by Gasteiger charge is -2.13. The molecule has 0 fully saturated rings. The molecule has 1 rings (SSSR count). The van der Waals surface area contributed by atoms with Gasteiger partial charge >= 0.3 is 0 Å². The maximum absolute atomic E-state index is 12.9. The van der Waals surface area contributed by atoms with Crippen molar-refractivity contribution < 1.29 is 9.13 Å². The number of halogens is 1. The average molecular weight is 197 g/mol. The van der Waals surface area contributed by atoms with E-state index in [2.05, 4.69) is 5.32 Å². The Bertz CT molecular complexity index is 278. The van der Waals surface area contributed by atoms with E-state index in [0.29, 0.717) is 6.61 Å². The topological polar surface area (TPSA) is 21.3 Å². The van der Waals surface area contributed by atoms with Crippen molar-refractivity contribution in [3.8, 4) is 0 Å². The fourth-order valence-corrected chi connectivity index (χ4v) is 1.27. The normalized spacial score (nSPS) is 12.8. The molecule has 3 heteroatoms. The monoisotopic (exact) mass is 197 g/mol. The van der Waals surface area contributed by atoms with Crippen LogP contribution in [0.3, 0.4) is 0 Å². The molecule has 14 heavy (non-hydrogen) atoms. The summed E-state index contributed by atoms with van der Waals surface area (Å²) in [4.78, 5) is 0. The first-order valence-electron chi connectivity index (χ1n) is 4.72. The van der Waals surface area contributed by atoms with Crippen LogP contribution in [0.1, 0.15) is 18.5 Å². The number of nitrogens with one attached hydrogen (secondary N) is 1. The van der Waals surface area contributed by atoms with Crippen molar-refractivity contribution in [3.63, 3.8) is 0 Å². The summed E-state index contributed by atoms with van der Waals surface area (Å²) in [5.41, 5.74) is 0.959. The molecule has 0 saturated carbocycles. The lowest BCUT2D eigenvalue weighted by Crippen LogP contribution is -2.22. The van der Waals surface area contributed by atoms with Crippen molar-refractivity contribution in [2.45, 2.75) is 13.0 Å². The third-order valence-electron chi connectivity index (χ3n) is 2.11. The highest BCUT2D eigenvalue weighted by Crippen LogP contribution is 2.12. The van der Waals surface area contributed by atoms with Crippen LogP contribution >= 0.6 is 0 Å². The standard InChI is InChI=1S/C11H16FNO/c1-9(13-6-7-14-2)10-4-3-5-11(12)8-10/h3-5,8-9,13H,6-7H2,1-2H3. The Morgan fingerprint density at radius 2 is 2.29 bits per heavy atom. The Morgan fingerprint density at radius 3 is 2.93 bits per heavy atom. The van der Waals surface area contributed by atoms with Crippen LogP contribution in [-0.2, 0) is 4.74 Å². The average Bonchev–Trinajstić information content (AvgIpc) is 2.18. The highest BCUT2D eigenvalue weighted by atomic mass is 19.1. The summed E-state index contributed by atoms with van der Waals surface area (Å²) in [7, 11) is 1.66. The van der Waals surface area contributed by atoms with Crippen LogP contribution in [0, 0.1) is 5.82 Å². The highest BCUT2D eigenvalue weighted by molar-refractivity contribution is 5.19. The molecule has 1 atom stereocenters. The van der Waals surface area contributed by atoms with Gasteiger partial charge < -0.3 is 10.1 Å². The van der Waals surface area contributed by atoms with E-state index in [-0.39, 0.29) is 11.9 Å². The number of ether oxygens (including phenoxy) is 1. The largest absolute Gasteiger partial charge is 0.383 e. The van der Waals surface area contributed by atoms with Gasteiger partial charge in [-0.3, -0.25) is 0 Å². The van der Waals surface area contributed by atoms with E-state index in [1.807, 2.05) is 13.0 Å². The van der Waals surface area contributed by atoms with Crippen molar-refractivity contribution in [2.24, 2.45) is 0 Å². The molecule has 1 unspecified atom stereocenters. The molecule has 0 radical (unpaired) electrons. The van der Waals surface area contributed by atoms with Gasteiger partial charge in [-0.25, -0.2) is 4.39 Å². The Morgan fingerprint density at radius 1 is 1.50 bits per heavy atom. The zero-order chi connectivity index (χ0) is 10.4. The van der Waals surface area contributed by atoms with Crippen LogP contribution in [0.2, 0.25) is 0 Å². The molecule has 1 N–H and O–H groups in total. The van der Waals surface area contributed by atoms with Gasteiger partial charge in [0, 0.05) is 19.7 Å². The molecule has 0 aliphatic carbocycles. The lowest BCUT2D eigenvalue weighted by atomic mass is 10.1. The molecule has 0 spiro atoms. The van der Waals surface area contributed by atoms with E-state index in [1.54, 1.807) is 19.2 Å². The van der Waals surface area contributed by atoms with Gasteiger partial charge in [0.2, 0.25) is 0 Å². The quantitative estimate of drug-likeness (QED) is 0.730. The minimum Gasteiger partial charge on any atom is -0.383 e. The van der Waals surface area contributed by atoms with Crippen LogP contribution in [0.5, 0.6) is 0 Å². The molecule has 2 nitrogen and oxygen atoms in total.